The molecule has 0 atom stereocenters. The molecule has 2 aliphatic rings. The van der Waals surface area contributed by atoms with Crippen molar-refractivity contribution in [1.29, 1.82) is 0 Å². The smallest absolute Gasteiger partial charge is 0.336 e. The summed E-state index contributed by atoms with van der Waals surface area (Å²) >= 11 is 0. The van der Waals surface area contributed by atoms with E-state index in [2.05, 4.69) is 0 Å². The molecule has 0 saturated heterocycles. The Kier molecular flexibility index (Phi) is 4.21. The van der Waals surface area contributed by atoms with Crippen molar-refractivity contribution in [2.24, 2.45) is 0 Å². The van der Waals surface area contributed by atoms with Crippen LogP contribution in [0.3, 0.4) is 0 Å². The van der Waals surface area contributed by atoms with Gasteiger partial charge in [0.2, 0.25) is 0 Å². The molecule has 0 spiro atoms. The van der Waals surface area contributed by atoms with Gasteiger partial charge in [0.25, 0.3) is 0 Å². The number of carbonyl (C=O) groups is 2. The highest BCUT2D eigenvalue weighted by atomic mass is 17.2. The van der Waals surface area contributed by atoms with Crippen LogP contribution < -0.4 is 19.2 Å². The third-order valence-corrected chi connectivity index (χ3v) is 4.53. The topological polar surface area (TPSA) is 130 Å². The average Bonchev–Trinajstić information content (AvgIpc) is 3.34. The number of carboxylic acid groups (broad SMARTS) is 2. The maximum absolute atomic E-state index is 12.0. The van der Waals surface area contributed by atoms with Crippen molar-refractivity contribution < 1.29 is 48.8 Å². The van der Waals surface area contributed by atoms with Crippen LogP contribution in [-0.2, 0) is 23.0 Å². The Balaban J connectivity index is 2.14. The summed E-state index contributed by atoms with van der Waals surface area (Å²) in [6.07, 6.45) is 0. The van der Waals surface area contributed by atoms with Gasteiger partial charge in [-0.1, -0.05) is 0 Å². The summed E-state index contributed by atoms with van der Waals surface area (Å²) in [4.78, 5) is 44.4. The summed E-state index contributed by atoms with van der Waals surface area (Å²) in [5.41, 5.74) is 0.382. The predicted molar refractivity (Wildman–Crippen MR) is 89.7 cm³/mol. The lowest BCUT2D eigenvalue weighted by Crippen LogP contribution is -2.08. The highest BCUT2D eigenvalue weighted by molar-refractivity contribution is 6.07. The number of ether oxygens (including phenoxy) is 2. The summed E-state index contributed by atoms with van der Waals surface area (Å²) in [6, 6.07) is 2.57. The zero-order chi connectivity index (χ0) is 20.0. The number of hydrogen-bond donors (Lipinski definition) is 2. The average molecular weight is 390 g/mol. The molecule has 0 fully saturated rings. The largest absolute Gasteiger partial charge is 0.496 e. The third kappa shape index (κ3) is 2.50. The fourth-order valence-corrected chi connectivity index (χ4v) is 3.30. The van der Waals surface area contributed by atoms with Gasteiger partial charge in [0.05, 0.1) is 36.5 Å². The molecule has 10 heteroatoms. The SMILES string of the molecule is COc1cc(C(=O)O)c(-c2c(C(=O)O)cc(OC)c3c2OOC3)c2c1COO2. The van der Waals surface area contributed by atoms with Crippen LogP contribution >= 0.6 is 0 Å². The van der Waals surface area contributed by atoms with E-state index in [-0.39, 0.29) is 58.5 Å². The summed E-state index contributed by atoms with van der Waals surface area (Å²) in [6.45, 7) is 0.00697. The molecule has 0 unspecified atom stereocenters. The Morgan fingerprint density at radius 3 is 1.54 bits per heavy atom. The predicted octanol–water partition coefficient (Wildman–Crippen LogP) is 2.42. The van der Waals surface area contributed by atoms with E-state index in [1.54, 1.807) is 0 Å². The standard InChI is InChI=1S/C18H14O10/c1-23-11-3-7(17(19)20)13(15-9(11)5-25-27-15)14-8(18(21)22)4-12(24-2)10-6-26-28-16(10)14/h3-4H,5-6H2,1-2H3,(H,19,20)(H,21,22). The Morgan fingerprint density at radius 1 is 0.821 bits per heavy atom. The number of methoxy groups -OCH3 is 2. The van der Waals surface area contributed by atoms with Crippen molar-refractivity contribution in [3.8, 4) is 34.1 Å². The van der Waals surface area contributed by atoms with Gasteiger partial charge in [-0.3, -0.25) is 0 Å². The summed E-state index contributed by atoms with van der Waals surface area (Å²) in [5, 5.41) is 19.5. The van der Waals surface area contributed by atoms with Gasteiger partial charge < -0.3 is 29.5 Å². The van der Waals surface area contributed by atoms with Crippen LogP contribution in [0.4, 0.5) is 0 Å². The van der Waals surface area contributed by atoms with Crippen LogP contribution in [-0.4, -0.2) is 36.4 Å². The van der Waals surface area contributed by atoms with Crippen molar-refractivity contribution in [3.05, 3.63) is 34.4 Å². The van der Waals surface area contributed by atoms with Gasteiger partial charge in [0.15, 0.2) is 11.5 Å². The molecule has 146 valence electrons. The molecule has 0 radical (unpaired) electrons. The molecule has 28 heavy (non-hydrogen) atoms. The molecule has 10 nitrogen and oxygen atoms in total. The Bertz CT molecular complexity index is 929. The molecule has 0 amide bonds. The maximum atomic E-state index is 12.0. The first-order chi connectivity index (χ1) is 13.5. The number of rotatable bonds is 5. The molecule has 2 aromatic rings. The second kappa shape index (κ2) is 6.59. The van der Waals surface area contributed by atoms with E-state index in [9.17, 15) is 19.8 Å². The Morgan fingerprint density at radius 2 is 1.21 bits per heavy atom. The van der Waals surface area contributed by atoms with Crippen molar-refractivity contribution in [1.82, 2.24) is 0 Å². The molecule has 2 N–H and O–H groups in total. The first-order valence-corrected chi connectivity index (χ1v) is 8.01. The highest BCUT2D eigenvalue weighted by Crippen LogP contribution is 2.52. The monoisotopic (exact) mass is 390 g/mol. The molecule has 0 aromatic heterocycles. The van der Waals surface area contributed by atoms with E-state index < -0.39 is 11.9 Å². The molecular weight excluding hydrogens is 376 g/mol. The summed E-state index contributed by atoms with van der Waals surface area (Å²) < 4.78 is 10.5. The second-order valence-electron chi connectivity index (χ2n) is 5.92. The molecule has 2 aliphatic heterocycles. The number of benzene rings is 2. The van der Waals surface area contributed by atoms with Gasteiger partial charge in [0, 0.05) is 11.1 Å². The number of aromatic carboxylic acids is 2. The molecule has 2 aromatic carbocycles. The number of carboxylic acids is 2. The fraction of sp³-hybridized carbons (Fsp3) is 0.222. The highest BCUT2D eigenvalue weighted by Gasteiger charge is 2.37. The van der Waals surface area contributed by atoms with Gasteiger partial charge in [-0.2, -0.15) is 9.78 Å². The van der Waals surface area contributed by atoms with E-state index in [1.807, 2.05) is 0 Å². The quantitative estimate of drug-likeness (QED) is 0.734. The number of hydrogen-bond acceptors (Lipinski definition) is 8. The first kappa shape index (κ1) is 17.9. The molecular formula is C18H14O10. The first-order valence-electron chi connectivity index (χ1n) is 8.01. The van der Waals surface area contributed by atoms with Crippen LogP contribution in [0.5, 0.6) is 23.0 Å². The van der Waals surface area contributed by atoms with Crippen LogP contribution in [0.25, 0.3) is 11.1 Å². The minimum Gasteiger partial charge on any atom is -0.496 e. The fourth-order valence-electron chi connectivity index (χ4n) is 3.30. The lowest BCUT2D eigenvalue weighted by atomic mass is 9.89. The van der Waals surface area contributed by atoms with Crippen LogP contribution in [0, 0.1) is 0 Å². The molecule has 0 saturated carbocycles. The van der Waals surface area contributed by atoms with Gasteiger partial charge in [-0.05, 0) is 12.1 Å². The molecule has 2 heterocycles. The van der Waals surface area contributed by atoms with Gasteiger partial charge in [-0.25, -0.2) is 9.59 Å². The van der Waals surface area contributed by atoms with E-state index in [4.69, 9.17) is 29.0 Å². The zero-order valence-corrected chi connectivity index (χ0v) is 14.7. The number of fused-ring (bicyclic) bond motifs is 2. The molecule has 4 rings (SSSR count). The Labute approximate surface area is 157 Å². The van der Waals surface area contributed by atoms with Crippen molar-refractivity contribution in [2.45, 2.75) is 13.2 Å². The normalized spacial score (nSPS) is 13.9. The lowest BCUT2D eigenvalue weighted by molar-refractivity contribution is -0.195. The van der Waals surface area contributed by atoms with Gasteiger partial charge in [0.1, 0.15) is 24.7 Å². The van der Waals surface area contributed by atoms with Crippen LogP contribution in [0.2, 0.25) is 0 Å². The summed E-state index contributed by atoms with van der Waals surface area (Å²) in [7, 11) is 2.76. The summed E-state index contributed by atoms with van der Waals surface area (Å²) in [5.74, 6) is -2.05. The van der Waals surface area contributed by atoms with Crippen LogP contribution in [0.15, 0.2) is 12.1 Å². The van der Waals surface area contributed by atoms with E-state index in [0.29, 0.717) is 11.1 Å². The van der Waals surface area contributed by atoms with Gasteiger partial charge >= 0.3 is 11.9 Å². The maximum Gasteiger partial charge on any atom is 0.336 e. The zero-order valence-electron chi connectivity index (χ0n) is 14.7. The Hall–Kier alpha value is -3.50. The van der Waals surface area contributed by atoms with Crippen molar-refractivity contribution in [2.75, 3.05) is 14.2 Å². The van der Waals surface area contributed by atoms with E-state index in [1.165, 1.54) is 26.4 Å². The second-order valence-corrected chi connectivity index (χ2v) is 5.92. The molecule has 0 aliphatic carbocycles. The van der Waals surface area contributed by atoms with Crippen molar-refractivity contribution in [3.63, 3.8) is 0 Å². The van der Waals surface area contributed by atoms with E-state index in [0.717, 1.165) is 0 Å². The third-order valence-electron chi connectivity index (χ3n) is 4.53. The van der Waals surface area contributed by atoms with Crippen molar-refractivity contribution >= 4 is 11.9 Å². The molecule has 0 bridgehead atoms. The van der Waals surface area contributed by atoms with E-state index >= 15 is 0 Å². The minimum atomic E-state index is -1.31. The minimum absolute atomic E-state index is 0.00348. The van der Waals surface area contributed by atoms with Gasteiger partial charge in [-0.15, -0.1) is 0 Å². The lowest BCUT2D eigenvalue weighted by Gasteiger charge is -2.17. The van der Waals surface area contributed by atoms with Crippen LogP contribution in [0.1, 0.15) is 31.8 Å².